The summed E-state index contributed by atoms with van der Waals surface area (Å²) < 4.78 is 1.06. The second kappa shape index (κ2) is 5.41. The van der Waals surface area contributed by atoms with Crippen molar-refractivity contribution in [2.75, 3.05) is 7.05 Å². The molecule has 2 nitrogen and oxygen atoms in total. The minimum Gasteiger partial charge on any atom is -0.341 e. The summed E-state index contributed by atoms with van der Waals surface area (Å²) in [6.45, 7) is 0.658. The van der Waals surface area contributed by atoms with Crippen LogP contribution < -0.4 is 0 Å². The molecule has 1 aliphatic carbocycles. The third-order valence-corrected chi connectivity index (χ3v) is 4.39. The van der Waals surface area contributed by atoms with Gasteiger partial charge in [0.15, 0.2) is 0 Å². The van der Waals surface area contributed by atoms with E-state index in [9.17, 15) is 4.79 Å². The Bertz CT molecular complexity index is 636. The zero-order chi connectivity index (χ0) is 14.1. The Morgan fingerprint density at radius 3 is 2.60 bits per heavy atom. The largest absolute Gasteiger partial charge is 0.341 e. The SMILES string of the molecule is CN(Cc1ccc(Br)cc1)C(=O)C1Cc2ccccc21. The lowest BCUT2D eigenvalue weighted by molar-refractivity contribution is -0.132. The van der Waals surface area contributed by atoms with Gasteiger partial charge < -0.3 is 4.90 Å². The van der Waals surface area contributed by atoms with Crippen molar-refractivity contribution in [2.45, 2.75) is 18.9 Å². The van der Waals surface area contributed by atoms with Crippen molar-refractivity contribution < 1.29 is 4.79 Å². The Labute approximate surface area is 127 Å². The van der Waals surface area contributed by atoms with Crippen LogP contribution in [0.1, 0.15) is 22.6 Å². The predicted molar refractivity (Wildman–Crippen MR) is 83.5 cm³/mol. The van der Waals surface area contributed by atoms with Gasteiger partial charge in [0.2, 0.25) is 5.91 Å². The standard InChI is InChI=1S/C17H16BrNO/c1-19(11-12-6-8-14(18)9-7-12)17(20)16-10-13-4-2-3-5-15(13)16/h2-9,16H,10-11H2,1H3. The van der Waals surface area contributed by atoms with Gasteiger partial charge in [0, 0.05) is 18.1 Å². The van der Waals surface area contributed by atoms with Gasteiger partial charge in [-0.05, 0) is 35.2 Å². The lowest BCUT2D eigenvalue weighted by Gasteiger charge is -2.32. The van der Waals surface area contributed by atoms with Crippen LogP contribution >= 0.6 is 15.9 Å². The third-order valence-electron chi connectivity index (χ3n) is 3.86. The fourth-order valence-corrected chi connectivity index (χ4v) is 2.95. The molecule has 1 atom stereocenters. The molecule has 0 spiro atoms. The molecule has 0 aromatic heterocycles. The summed E-state index contributed by atoms with van der Waals surface area (Å²) in [4.78, 5) is 14.3. The number of benzene rings is 2. The summed E-state index contributed by atoms with van der Waals surface area (Å²) in [5.74, 6) is 0.262. The average Bonchev–Trinajstić information content (AvgIpc) is 2.42. The van der Waals surface area contributed by atoms with E-state index < -0.39 is 0 Å². The highest BCUT2D eigenvalue weighted by atomic mass is 79.9. The number of hydrogen-bond acceptors (Lipinski definition) is 1. The highest BCUT2D eigenvalue weighted by Gasteiger charge is 2.33. The van der Waals surface area contributed by atoms with Crippen molar-refractivity contribution in [3.05, 3.63) is 69.7 Å². The molecule has 102 valence electrons. The smallest absolute Gasteiger partial charge is 0.230 e. The molecule has 3 rings (SSSR count). The van der Waals surface area contributed by atoms with Crippen LogP contribution in [0.25, 0.3) is 0 Å². The summed E-state index contributed by atoms with van der Waals surface area (Å²) in [6, 6.07) is 16.3. The topological polar surface area (TPSA) is 20.3 Å². The van der Waals surface area contributed by atoms with Crippen molar-refractivity contribution in [3.8, 4) is 0 Å². The quantitative estimate of drug-likeness (QED) is 0.839. The number of halogens is 1. The maximum atomic E-state index is 12.5. The third kappa shape index (κ3) is 2.50. The molecule has 1 aliphatic rings. The van der Waals surface area contributed by atoms with E-state index in [1.807, 2.05) is 48.3 Å². The van der Waals surface area contributed by atoms with E-state index in [0.717, 1.165) is 16.5 Å². The molecule has 0 saturated heterocycles. The number of carbonyl (C=O) groups excluding carboxylic acids is 1. The number of fused-ring (bicyclic) bond motifs is 1. The fourth-order valence-electron chi connectivity index (χ4n) is 2.69. The molecule has 1 amide bonds. The van der Waals surface area contributed by atoms with Crippen LogP contribution in [0, 0.1) is 0 Å². The molecule has 1 unspecified atom stereocenters. The normalized spacial score (nSPS) is 16.2. The second-order valence-corrected chi connectivity index (χ2v) is 6.19. The van der Waals surface area contributed by atoms with Crippen molar-refractivity contribution >= 4 is 21.8 Å². The zero-order valence-corrected chi connectivity index (χ0v) is 12.9. The monoisotopic (exact) mass is 329 g/mol. The molecule has 20 heavy (non-hydrogen) atoms. The van der Waals surface area contributed by atoms with Crippen molar-refractivity contribution in [2.24, 2.45) is 0 Å². The van der Waals surface area contributed by atoms with Gasteiger partial charge in [-0.1, -0.05) is 52.3 Å². The van der Waals surface area contributed by atoms with Crippen LogP contribution in [0.4, 0.5) is 0 Å². The molecule has 0 aliphatic heterocycles. The fraction of sp³-hybridized carbons (Fsp3) is 0.235. The molecule has 2 aromatic carbocycles. The summed E-state index contributed by atoms with van der Waals surface area (Å²) in [5.41, 5.74) is 3.65. The number of nitrogens with zero attached hydrogens (tertiary/aromatic N) is 1. The van der Waals surface area contributed by atoms with Crippen LogP contribution in [0.3, 0.4) is 0 Å². The first-order chi connectivity index (χ1) is 9.65. The van der Waals surface area contributed by atoms with E-state index in [-0.39, 0.29) is 11.8 Å². The number of carbonyl (C=O) groups is 1. The highest BCUT2D eigenvalue weighted by Crippen LogP contribution is 2.36. The van der Waals surface area contributed by atoms with Gasteiger partial charge in [-0.3, -0.25) is 4.79 Å². The van der Waals surface area contributed by atoms with E-state index >= 15 is 0 Å². The van der Waals surface area contributed by atoms with Gasteiger partial charge >= 0.3 is 0 Å². The van der Waals surface area contributed by atoms with Crippen molar-refractivity contribution in [3.63, 3.8) is 0 Å². The highest BCUT2D eigenvalue weighted by molar-refractivity contribution is 9.10. The Balaban J connectivity index is 1.68. The molecule has 0 N–H and O–H groups in total. The lowest BCUT2D eigenvalue weighted by atomic mass is 9.77. The van der Waals surface area contributed by atoms with E-state index in [4.69, 9.17) is 0 Å². The summed E-state index contributed by atoms with van der Waals surface area (Å²) in [6.07, 6.45) is 0.875. The maximum Gasteiger partial charge on any atom is 0.230 e. The number of amides is 1. The Morgan fingerprint density at radius 1 is 1.20 bits per heavy atom. The van der Waals surface area contributed by atoms with Gasteiger partial charge in [-0.2, -0.15) is 0 Å². The summed E-state index contributed by atoms with van der Waals surface area (Å²) in [5, 5.41) is 0. The minimum atomic E-state index is 0.0478. The van der Waals surface area contributed by atoms with E-state index in [1.54, 1.807) is 0 Å². The van der Waals surface area contributed by atoms with Gasteiger partial charge in [0.05, 0.1) is 5.92 Å². The lowest BCUT2D eigenvalue weighted by Crippen LogP contribution is -2.36. The molecule has 3 heteroatoms. The number of likely N-dealkylation sites (N-methyl/N-ethyl adjacent to an activating group) is 1. The molecule has 0 saturated carbocycles. The van der Waals surface area contributed by atoms with Gasteiger partial charge in [-0.15, -0.1) is 0 Å². The first-order valence-corrected chi connectivity index (χ1v) is 7.51. The zero-order valence-electron chi connectivity index (χ0n) is 11.3. The number of rotatable bonds is 3. The van der Waals surface area contributed by atoms with Crippen molar-refractivity contribution in [1.82, 2.24) is 4.90 Å². The van der Waals surface area contributed by atoms with E-state index in [1.165, 1.54) is 11.1 Å². The number of hydrogen-bond donors (Lipinski definition) is 0. The van der Waals surface area contributed by atoms with Gasteiger partial charge in [-0.25, -0.2) is 0 Å². The van der Waals surface area contributed by atoms with E-state index in [0.29, 0.717) is 6.54 Å². The Hall–Kier alpha value is -1.61. The van der Waals surface area contributed by atoms with Crippen LogP contribution in [0.2, 0.25) is 0 Å². The molecular formula is C17H16BrNO. The molecule has 0 radical (unpaired) electrons. The first-order valence-electron chi connectivity index (χ1n) is 6.72. The molecular weight excluding hydrogens is 314 g/mol. The van der Waals surface area contributed by atoms with Gasteiger partial charge in [0.25, 0.3) is 0 Å². The van der Waals surface area contributed by atoms with Gasteiger partial charge in [0.1, 0.15) is 0 Å². The van der Waals surface area contributed by atoms with E-state index in [2.05, 4.69) is 28.1 Å². The second-order valence-electron chi connectivity index (χ2n) is 5.28. The maximum absolute atomic E-state index is 12.5. The van der Waals surface area contributed by atoms with Crippen LogP contribution in [0.15, 0.2) is 53.0 Å². The predicted octanol–water partition coefficient (Wildman–Crippen LogP) is 3.75. The first kappa shape index (κ1) is 13.4. The molecule has 0 heterocycles. The average molecular weight is 330 g/mol. The Morgan fingerprint density at radius 2 is 1.90 bits per heavy atom. The van der Waals surface area contributed by atoms with Crippen molar-refractivity contribution in [1.29, 1.82) is 0 Å². The Kier molecular flexibility index (Phi) is 3.62. The van der Waals surface area contributed by atoms with Crippen LogP contribution in [-0.2, 0) is 17.8 Å². The molecule has 0 fully saturated rings. The molecule has 0 bridgehead atoms. The van der Waals surface area contributed by atoms with Crippen LogP contribution in [-0.4, -0.2) is 17.9 Å². The minimum absolute atomic E-state index is 0.0478. The summed E-state index contributed by atoms with van der Waals surface area (Å²) >= 11 is 3.42. The molecule has 2 aromatic rings. The van der Waals surface area contributed by atoms with Crippen LogP contribution in [0.5, 0.6) is 0 Å². The summed E-state index contributed by atoms with van der Waals surface area (Å²) in [7, 11) is 1.88.